The van der Waals surface area contributed by atoms with E-state index >= 15 is 0 Å². The molecule has 0 aromatic carbocycles. The minimum Gasteiger partial charge on any atom is -0.396 e. The molecular weight excluding hydrogens is 356 g/mol. The number of aliphatic hydroxyl groups is 2. The molecule has 168 valence electrons. The number of rotatable bonds is 6. The molecule has 4 aliphatic carbocycles. The third-order valence-electron chi connectivity index (χ3n) is 11.0. The lowest BCUT2D eigenvalue weighted by atomic mass is 9.44. The Balaban J connectivity index is 1.46. The Morgan fingerprint density at radius 2 is 1.62 bits per heavy atom. The SMILES string of the molecule is CC(CO)CCC[C@@H](C)[C@H]1CC[C@H]2[C@@H]3C[C@H](O)C4CCCC[C@]4(C)[C@H]3CC[C@]12C. The maximum absolute atomic E-state index is 11.2. The lowest BCUT2D eigenvalue weighted by molar-refractivity contribution is -0.159. The van der Waals surface area contributed by atoms with Crippen LogP contribution in [0.5, 0.6) is 0 Å². The molecule has 0 bridgehead atoms. The van der Waals surface area contributed by atoms with Crippen LogP contribution in [-0.4, -0.2) is 22.9 Å². The molecule has 0 heterocycles. The molecule has 2 N–H and O–H groups in total. The third kappa shape index (κ3) is 3.73. The van der Waals surface area contributed by atoms with Crippen molar-refractivity contribution >= 4 is 0 Å². The van der Waals surface area contributed by atoms with Gasteiger partial charge in [-0.3, -0.25) is 0 Å². The second kappa shape index (κ2) is 8.45. The summed E-state index contributed by atoms with van der Waals surface area (Å²) in [6, 6.07) is 0. The minimum absolute atomic E-state index is 0.0413. The summed E-state index contributed by atoms with van der Waals surface area (Å²) >= 11 is 0. The summed E-state index contributed by atoms with van der Waals surface area (Å²) in [6.45, 7) is 10.2. The molecule has 4 aliphatic rings. The van der Waals surface area contributed by atoms with Gasteiger partial charge in [-0.2, -0.15) is 0 Å². The average Bonchev–Trinajstić information content (AvgIpc) is 3.05. The van der Waals surface area contributed by atoms with E-state index in [9.17, 15) is 10.2 Å². The topological polar surface area (TPSA) is 40.5 Å². The van der Waals surface area contributed by atoms with E-state index in [-0.39, 0.29) is 6.10 Å². The summed E-state index contributed by atoms with van der Waals surface area (Å²) in [4.78, 5) is 0. The van der Waals surface area contributed by atoms with Gasteiger partial charge in [-0.25, -0.2) is 0 Å². The van der Waals surface area contributed by atoms with Crippen LogP contribution in [0.3, 0.4) is 0 Å². The first-order valence-electron chi connectivity index (χ1n) is 13.1. The maximum atomic E-state index is 11.2. The van der Waals surface area contributed by atoms with Gasteiger partial charge < -0.3 is 10.2 Å². The first-order valence-corrected chi connectivity index (χ1v) is 13.1. The van der Waals surface area contributed by atoms with Crippen molar-refractivity contribution < 1.29 is 10.2 Å². The summed E-state index contributed by atoms with van der Waals surface area (Å²) < 4.78 is 0. The summed E-state index contributed by atoms with van der Waals surface area (Å²) in [7, 11) is 0. The van der Waals surface area contributed by atoms with Crippen LogP contribution in [0.15, 0.2) is 0 Å². The molecule has 0 aromatic rings. The van der Waals surface area contributed by atoms with Crippen molar-refractivity contribution in [3.8, 4) is 0 Å². The van der Waals surface area contributed by atoms with Crippen molar-refractivity contribution in [3.05, 3.63) is 0 Å². The monoisotopic (exact) mass is 404 g/mol. The Morgan fingerprint density at radius 1 is 0.862 bits per heavy atom. The van der Waals surface area contributed by atoms with Crippen LogP contribution in [0, 0.1) is 52.3 Å². The molecule has 0 radical (unpaired) electrons. The second-order valence-electron chi connectivity index (χ2n) is 12.5. The van der Waals surface area contributed by atoms with Crippen molar-refractivity contribution in [3.63, 3.8) is 0 Å². The van der Waals surface area contributed by atoms with E-state index in [0.717, 1.165) is 36.0 Å². The number of fused-ring (bicyclic) bond motifs is 5. The molecule has 4 rings (SSSR count). The van der Waals surface area contributed by atoms with Gasteiger partial charge in [-0.05, 0) is 104 Å². The fraction of sp³-hybridized carbons (Fsp3) is 1.00. The van der Waals surface area contributed by atoms with Crippen LogP contribution < -0.4 is 0 Å². The first kappa shape index (κ1) is 22.1. The summed E-state index contributed by atoms with van der Waals surface area (Å²) in [6.07, 6.45) is 15.9. The van der Waals surface area contributed by atoms with Crippen LogP contribution in [0.1, 0.15) is 105 Å². The van der Waals surface area contributed by atoms with Gasteiger partial charge in [0.25, 0.3) is 0 Å². The molecule has 0 spiro atoms. The Hall–Kier alpha value is -0.0800. The first-order chi connectivity index (χ1) is 13.8. The summed E-state index contributed by atoms with van der Waals surface area (Å²) in [5.41, 5.74) is 0.910. The largest absolute Gasteiger partial charge is 0.396 e. The number of hydrogen-bond donors (Lipinski definition) is 2. The maximum Gasteiger partial charge on any atom is 0.0576 e. The van der Waals surface area contributed by atoms with Crippen molar-refractivity contribution in [1.82, 2.24) is 0 Å². The van der Waals surface area contributed by atoms with Crippen molar-refractivity contribution in [2.24, 2.45) is 52.3 Å². The van der Waals surface area contributed by atoms with Gasteiger partial charge >= 0.3 is 0 Å². The summed E-state index contributed by atoms with van der Waals surface area (Å²) in [5, 5.41) is 20.5. The zero-order chi connectivity index (χ0) is 20.8. The lowest BCUT2D eigenvalue weighted by Gasteiger charge is -2.62. The van der Waals surface area contributed by atoms with Gasteiger partial charge in [0.15, 0.2) is 0 Å². The summed E-state index contributed by atoms with van der Waals surface area (Å²) in [5.74, 6) is 5.19. The fourth-order valence-electron chi connectivity index (χ4n) is 9.41. The number of hydrogen-bond acceptors (Lipinski definition) is 2. The molecule has 4 saturated carbocycles. The van der Waals surface area contributed by atoms with Crippen molar-refractivity contribution in [1.29, 1.82) is 0 Å². The molecule has 0 aliphatic heterocycles. The molecule has 2 unspecified atom stereocenters. The van der Waals surface area contributed by atoms with Crippen molar-refractivity contribution in [2.45, 2.75) is 111 Å². The van der Waals surface area contributed by atoms with Crippen LogP contribution in [0.2, 0.25) is 0 Å². The highest BCUT2D eigenvalue weighted by Crippen LogP contribution is 2.68. The highest BCUT2D eigenvalue weighted by molar-refractivity contribution is 5.10. The van der Waals surface area contributed by atoms with Gasteiger partial charge in [0.2, 0.25) is 0 Å². The Kier molecular flexibility index (Phi) is 6.45. The van der Waals surface area contributed by atoms with Gasteiger partial charge in [-0.15, -0.1) is 0 Å². The van der Waals surface area contributed by atoms with Crippen LogP contribution in [-0.2, 0) is 0 Å². The van der Waals surface area contributed by atoms with E-state index in [0.29, 0.717) is 29.3 Å². The third-order valence-corrected chi connectivity index (χ3v) is 11.0. The molecule has 2 heteroatoms. The Labute approximate surface area is 180 Å². The Morgan fingerprint density at radius 3 is 2.38 bits per heavy atom. The average molecular weight is 405 g/mol. The molecule has 4 fully saturated rings. The van der Waals surface area contributed by atoms with E-state index in [4.69, 9.17) is 0 Å². The van der Waals surface area contributed by atoms with Gasteiger partial charge in [-0.1, -0.05) is 53.4 Å². The van der Waals surface area contributed by atoms with E-state index in [1.165, 1.54) is 70.6 Å². The highest BCUT2D eigenvalue weighted by Gasteiger charge is 2.61. The normalized spacial score (nSPS) is 49.0. The van der Waals surface area contributed by atoms with Crippen LogP contribution in [0.25, 0.3) is 0 Å². The zero-order valence-electron chi connectivity index (χ0n) is 19.7. The van der Waals surface area contributed by atoms with Gasteiger partial charge in [0.05, 0.1) is 6.10 Å². The van der Waals surface area contributed by atoms with Crippen LogP contribution >= 0.6 is 0 Å². The standard InChI is InChI=1S/C27H48O2/c1-18(17-28)8-7-9-19(2)21-11-12-22-20-16-25(29)24-10-5-6-14-26(24,3)23(20)13-15-27(21,22)4/h18-25,28-29H,5-17H2,1-4H3/t18?,19-,20+,21-,22+,23+,24?,25+,26-,27-/m1/s1. The van der Waals surface area contributed by atoms with E-state index in [1.54, 1.807) is 0 Å². The van der Waals surface area contributed by atoms with E-state index < -0.39 is 0 Å². The molecule has 0 aromatic heterocycles. The van der Waals surface area contributed by atoms with E-state index in [2.05, 4.69) is 27.7 Å². The Bertz CT molecular complexity index is 561. The predicted molar refractivity (Wildman–Crippen MR) is 120 cm³/mol. The smallest absolute Gasteiger partial charge is 0.0576 e. The van der Waals surface area contributed by atoms with Crippen LogP contribution in [0.4, 0.5) is 0 Å². The molecular formula is C27H48O2. The second-order valence-corrected chi connectivity index (χ2v) is 12.5. The van der Waals surface area contributed by atoms with Gasteiger partial charge in [0, 0.05) is 6.61 Å². The van der Waals surface area contributed by atoms with Crippen molar-refractivity contribution in [2.75, 3.05) is 6.61 Å². The fourth-order valence-corrected chi connectivity index (χ4v) is 9.41. The lowest BCUT2D eigenvalue weighted by Crippen LogP contribution is -2.57. The molecule has 2 nitrogen and oxygen atoms in total. The highest BCUT2D eigenvalue weighted by atomic mass is 16.3. The number of aliphatic hydroxyl groups excluding tert-OH is 2. The van der Waals surface area contributed by atoms with E-state index in [1.807, 2.05) is 0 Å². The molecule has 0 saturated heterocycles. The predicted octanol–water partition coefficient (Wildman–Crippen LogP) is 6.44. The zero-order valence-corrected chi connectivity index (χ0v) is 19.7. The minimum atomic E-state index is -0.0413. The molecule has 29 heavy (non-hydrogen) atoms. The quantitative estimate of drug-likeness (QED) is 0.534. The molecule has 10 atom stereocenters. The molecule has 0 amide bonds. The van der Waals surface area contributed by atoms with Gasteiger partial charge in [0.1, 0.15) is 0 Å².